The number of ether oxygens (including phenoxy) is 1. The zero-order chi connectivity index (χ0) is 14.5. The van der Waals surface area contributed by atoms with Crippen LogP contribution in [0.4, 0.5) is 0 Å². The fourth-order valence-electron chi connectivity index (χ4n) is 1.48. The van der Waals surface area contributed by atoms with E-state index in [-0.39, 0.29) is 11.7 Å². The number of halogens is 1. The maximum atomic E-state index is 11.9. The lowest BCUT2D eigenvalue weighted by Crippen LogP contribution is -2.26. The van der Waals surface area contributed by atoms with Crippen molar-refractivity contribution in [2.45, 2.75) is 6.42 Å². The second-order valence-electron chi connectivity index (χ2n) is 4.08. The molecule has 1 amide bonds. The Morgan fingerprint density at radius 3 is 2.68 bits per heavy atom. The van der Waals surface area contributed by atoms with Crippen LogP contribution in [0.3, 0.4) is 0 Å². The molecule has 0 heterocycles. The molecule has 1 rings (SSSR count). The Bertz CT molecular complexity index is 557. The van der Waals surface area contributed by atoms with Gasteiger partial charge in [-0.2, -0.15) is 0 Å². The first-order chi connectivity index (χ1) is 8.83. The molecule has 0 unspecified atom stereocenters. The summed E-state index contributed by atoms with van der Waals surface area (Å²) in [6, 6.07) is 5.09. The molecule has 106 valence electrons. The average Bonchev–Trinajstić information content (AvgIpc) is 2.33. The minimum Gasteiger partial charge on any atom is -0.496 e. The summed E-state index contributed by atoms with van der Waals surface area (Å²) in [5.41, 5.74) is 0.421. The Balaban J connectivity index is 2.59. The van der Waals surface area contributed by atoms with Gasteiger partial charge in [-0.1, -0.05) is 15.9 Å². The maximum Gasteiger partial charge on any atom is 0.255 e. The summed E-state index contributed by atoms with van der Waals surface area (Å²) >= 11 is 3.29. The van der Waals surface area contributed by atoms with Crippen molar-refractivity contribution in [2.24, 2.45) is 0 Å². The molecule has 0 aromatic heterocycles. The van der Waals surface area contributed by atoms with Crippen molar-refractivity contribution in [2.75, 3.05) is 25.7 Å². The van der Waals surface area contributed by atoms with Crippen LogP contribution in [-0.4, -0.2) is 40.0 Å². The molecule has 0 bridgehead atoms. The van der Waals surface area contributed by atoms with E-state index >= 15 is 0 Å². The first-order valence-corrected chi connectivity index (χ1v) is 8.48. The number of hydrogen-bond donors (Lipinski definition) is 1. The van der Waals surface area contributed by atoms with Crippen LogP contribution in [0.5, 0.6) is 5.75 Å². The van der Waals surface area contributed by atoms with Gasteiger partial charge in [0.05, 0.1) is 18.4 Å². The normalized spacial score (nSPS) is 11.1. The van der Waals surface area contributed by atoms with E-state index in [0.29, 0.717) is 24.3 Å². The predicted octanol–water partition coefficient (Wildman–Crippen LogP) is 1.62. The van der Waals surface area contributed by atoms with Gasteiger partial charge in [0.1, 0.15) is 15.6 Å². The number of nitrogens with one attached hydrogen (secondary N) is 1. The van der Waals surface area contributed by atoms with Crippen molar-refractivity contribution >= 4 is 31.7 Å². The van der Waals surface area contributed by atoms with Crippen LogP contribution < -0.4 is 10.1 Å². The van der Waals surface area contributed by atoms with Crippen molar-refractivity contribution in [3.05, 3.63) is 28.2 Å². The summed E-state index contributed by atoms with van der Waals surface area (Å²) in [4.78, 5) is 11.9. The number of hydrogen-bond acceptors (Lipinski definition) is 4. The van der Waals surface area contributed by atoms with Gasteiger partial charge in [-0.3, -0.25) is 4.79 Å². The first-order valence-electron chi connectivity index (χ1n) is 5.63. The Morgan fingerprint density at radius 2 is 2.11 bits per heavy atom. The Labute approximate surface area is 121 Å². The van der Waals surface area contributed by atoms with Gasteiger partial charge < -0.3 is 10.1 Å². The first kappa shape index (κ1) is 16.0. The van der Waals surface area contributed by atoms with Gasteiger partial charge in [0.25, 0.3) is 5.91 Å². The highest BCUT2D eigenvalue weighted by atomic mass is 79.9. The highest BCUT2D eigenvalue weighted by molar-refractivity contribution is 9.10. The molecule has 5 nitrogen and oxygen atoms in total. The molecule has 19 heavy (non-hydrogen) atoms. The van der Waals surface area contributed by atoms with Gasteiger partial charge in [0, 0.05) is 17.3 Å². The molecule has 0 atom stereocenters. The number of carbonyl (C=O) groups is 1. The summed E-state index contributed by atoms with van der Waals surface area (Å²) in [5, 5.41) is 2.67. The molecule has 0 spiro atoms. The number of amides is 1. The molecule has 1 aromatic carbocycles. The lowest BCUT2D eigenvalue weighted by molar-refractivity contribution is 0.0950. The lowest BCUT2D eigenvalue weighted by atomic mass is 10.2. The second kappa shape index (κ2) is 6.91. The van der Waals surface area contributed by atoms with Gasteiger partial charge in [0.2, 0.25) is 0 Å². The van der Waals surface area contributed by atoms with Crippen molar-refractivity contribution in [3.63, 3.8) is 0 Å². The minimum atomic E-state index is -2.99. The summed E-state index contributed by atoms with van der Waals surface area (Å²) in [7, 11) is -1.50. The van der Waals surface area contributed by atoms with E-state index in [2.05, 4.69) is 21.2 Å². The molecule has 1 N–H and O–H groups in total. The van der Waals surface area contributed by atoms with Crippen LogP contribution >= 0.6 is 15.9 Å². The summed E-state index contributed by atoms with van der Waals surface area (Å²) < 4.78 is 27.8. The number of methoxy groups -OCH3 is 1. The molecule has 0 aliphatic carbocycles. The van der Waals surface area contributed by atoms with Gasteiger partial charge in [-0.15, -0.1) is 0 Å². The zero-order valence-electron chi connectivity index (χ0n) is 10.8. The van der Waals surface area contributed by atoms with Crippen LogP contribution in [0.2, 0.25) is 0 Å². The fraction of sp³-hybridized carbons (Fsp3) is 0.417. The standard InChI is InChI=1S/C12H16BrNO4S/c1-18-11-8-9(13)4-5-10(11)12(15)14-6-3-7-19(2,16)17/h4-5,8H,3,6-7H2,1-2H3,(H,14,15). The van der Waals surface area contributed by atoms with Crippen LogP contribution in [0.25, 0.3) is 0 Å². The summed E-state index contributed by atoms with van der Waals surface area (Å²) in [6.45, 7) is 0.311. The highest BCUT2D eigenvalue weighted by Gasteiger charge is 2.12. The molecule has 0 aliphatic rings. The zero-order valence-corrected chi connectivity index (χ0v) is 13.2. The number of carbonyl (C=O) groups excluding carboxylic acids is 1. The number of benzene rings is 1. The van der Waals surface area contributed by atoms with Crippen LogP contribution in [0.1, 0.15) is 16.8 Å². The summed E-state index contributed by atoms with van der Waals surface area (Å²) in [5.74, 6) is 0.248. The molecule has 0 fully saturated rings. The molecule has 0 aliphatic heterocycles. The monoisotopic (exact) mass is 349 g/mol. The Kier molecular flexibility index (Phi) is 5.81. The molecular formula is C12H16BrNO4S. The van der Waals surface area contributed by atoms with Gasteiger partial charge in [-0.05, 0) is 24.6 Å². The minimum absolute atomic E-state index is 0.0603. The maximum absolute atomic E-state index is 11.9. The van der Waals surface area contributed by atoms with Crippen LogP contribution in [0.15, 0.2) is 22.7 Å². The Hall–Kier alpha value is -1.08. The predicted molar refractivity (Wildman–Crippen MR) is 77.4 cm³/mol. The molecule has 7 heteroatoms. The largest absolute Gasteiger partial charge is 0.496 e. The van der Waals surface area contributed by atoms with E-state index in [9.17, 15) is 13.2 Å². The SMILES string of the molecule is COc1cc(Br)ccc1C(=O)NCCCS(C)(=O)=O. The lowest BCUT2D eigenvalue weighted by Gasteiger charge is -2.09. The van der Waals surface area contributed by atoms with E-state index in [4.69, 9.17) is 4.74 Å². The van der Waals surface area contributed by atoms with Crippen LogP contribution in [-0.2, 0) is 9.84 Å². The second-order valence-corrected chi connectivity index (χ2v) is 7.26. The van der Waals surface area contributed by atoms with Gasteiger partial charge in [-0.25, -0.2) is 8.42 Å². The third-order valence-corrected chi connectivity index (χ3v) is 3.91. The van der Waals surface area contributed by atoms with E-state index in [1.165, 1.54) is 13.4 Å². The fourth-order valence-corrected chi connectivity index (χ4v) is 2.49. The Morgan fingerprint density at radius 1 is 1.42 bits per heavy atom. The topological polar surface area (TPSA) is 72.5 Å². The molecule has 0 radical (unpaired) electrons. The van der Waals surface area contributed by atoms with Gasteiger partial charge in [0.15, 0.2) is 0 Å². The average molecular weight is 350 g/mol. The summed E-state index contributed by atoms with van der Waals surface area (Å²) in [6.07, 6.45) is 1.57. The quantitative estimate of drug-likeness (QED) is 0.792. The van der Waals surface area contributed by atoms with Gasteiger partial charge >= 0.3 is 0 Å². The number of sulfone groups is 1. The third kappa shape index (κ3) is 5.61. The smallest absolute Gasteiger partial charge is 0.255 e. The van der Waals surface area contributed by atoms with E-state index in [1.807, 2.05) is 0 Å². The van der Waals surface area contributed by atoms with E-state index in [1.54, 1.807) is 18.2 Å². The third-order valence-electron chi connectivity index (χ3n) is 2.39. The van der Waals surface area contributed by atoms with E-state index < -0.39 is 9.84 Å². The van der Waals surface area contributed by atoms with Crippen molar-refractivity contribution < 1.29 is 17.9 Å². The molecule has 1 aromatic rings. The number of rotatable bonds is 6. The van der Waals surface area contributed by atoms with Crippen LogP contribution in [0, 0.1) is 0 Å². The van der Waals surface area contributed by atoms with Crippen molar-refractivity contribution in [1.82, 2.24) is 5.32 Å². The molecule has 0 saturated carbocycles. The van der Waals surface area contributed by atoms with Crippen molar-refractivity contribution in [3.8, 4) is 5.75 Å². The molecular weight excluding hydrogens is 334 g/mol. The highest BCUT2D eigenvalue weighted by Crippen LogP contribution is 2.23. The van der Waals surface area contributed by atoms with Crippen molar-refractivity contribution in [1.29, 1.82) is 0 Å². The molecule has 0 saturated heterocycles. The van der Waals surface area contributed by atoms with E-state index in [0.717, 1.165) is 4.47 Å².